The van der Waals surface area contributed by atoms with Crippen molar-refractivity contribution in [3.8, 4) is 0 Å². The average Bonchev–Trinajstić information content (AvgIpc) is 2.75. The van der Waals surface area contributed by atoms with Crippen LogP contribution in [0.4, 0.5) is 5.82 Å². The van der Waals surface area contributed by atoms with E-state index in [9.17, 15) is 5.11 Å². The van der Waals surface area contributed by atoms with Crippen molar-refractivity contribution in [2.75, 3.05) is 32.2 Å². The van der Waals surface area contributed by atoms with Gasteiger partial charge in [0.2, 0.25) is 0 Å². The van der Waals surface area contributed by atoms with Gasteiger partial charge in [0.15, 0.2) is 0 Å². The van der Waals surface area contributed by atoms with E-state index in [1.54, 1.807) is 11.6 Å². The molecule has 1 atom stereocenters. The number of methoxy groups -OCH3 is 1. The molecule has 2 aromatic heterocycles. The number of likely N-dealkylation sites (N-methyl/N-ethyl adjacent to an activating group) is 1. The Bertz CT molecular complexity index is 527. The third-order valence-corrected chi connectivity index (χ3v) is 2.60. The van der Waals surface area contributed by atoms with Gasteiger partial charge in [0.25, 0.3) is 5.78 Å². The zero-order chi connectivity index (χ0) is 13.1. The number of hydrogen-bond acceptors (Lipinski definition) is 6. The van der Waals surface area contributed by atoms with E-state index in [0.717, 1.165) is 11.5 Å². The molecule has 0 amide bonds. The summed E-state index contributed by atoms with van der Waals surface area (Å²) in [6, 6.07) is 1.90. The van der Waals surface area contributed by atoms with Crippen LogP contribution in [-0.2, 0) is 4.74 Å². The molecule has 0 saturated heterocycles. The van der Waals surface area contributed by atoms with Gasteiger partial charge in [-0.1, -0.05) is 0 Å². The molecule has 2 aromatic rings. The molecule has 0 aromatic carbocycles. The molecule has 18 heavy (non-hydrogen) atoms. The molecular weight excluding hydrogens is 234 g/mol. The number of hydrogen-bond donors (Lipinski definition) is 1. The molecule has 98 valence electrons. The van der Waals surface area contributed by atoms with Crippen LogP contribution >= 0.6 is 0 Å². The van der Waals surface area contributed by atoms with Gasteiger partial charge in [0.05, 0.1) is 12.7 Å². The molecule has 2 heterocycles. The highest BCUT2D eigenvalue weighted by Crippen LogP contribution is 2.14. The lowest BCUT2D eigenvalue weighted by Gasteiger charge is -2.22. The predicted molar refractivity (Wildman–Crippen MR) is 66.7 cm³/mol. The van der Waals surface area contributed by atoms with Gasteiger partial charge in [-0.05, 0) is 6.92 Å². The highest BCUT2D eigenvalue weighted by molar-refractivity contribution is 5.46. The maximum Gasteiger partial charge on any atom is 0.254 e. The minimum absolute atomic E-state index is 0.301. The zero-order valence-corrected chi connectivity index (χ0v) is 10.7. The van der Waals surface area contributed by atoms with Crippen molar-refractivity contribution in [2.45, 2.75) is 13.0 Å². The van der Waals surface area contributed by atoms with E-state index >= 15 is 0 Å². The van der Waals surface area contributed by atoms with Crippen LogP contribution in [0, 0.1) is 6.92 Å². The van der Waals surface area contributed by atoms with Crippen LogP contribution in [0.3, 0.4) is 0 Å². The second kappa shape index (κ2) is 5.28. The normalized spacial score (nSPS) is 12.9. The number of aliphatic hydroxyl groups is 1. The molecule has 1 N–H and O–H groups in total. The van der Waals surface area contributed by atoms with Crippen molar-refractivity contribution < 1.29 is 9.84 Å². The highest BCUT2D eigenvalue weighted by Gasteiger charge is 2.13. The van der Waals surface area contributed by atoms with Crippen molar-refractivity contribution in [1.29, 1.82) is 0 Å². The summed E-state index contributed by atoms with van der Waals surface area (Å²) in [5, 5.41) is 13.9. The van der Waals surface area contributed by atoms with Crippen LogP contribution in [0.5, 0.6) is 0 Å². The summed E-state index contributed by atoms with van der Waals surface area (Å²) >= 11 is 0. The standard InChI is InChI=1S/C11H17N5O2/c1-8-4-10(15(2)5-9(17)6-18-3)16-11(14-8)12-7-13-16/h4,7,9,17H,5-6H2,1-3H3. The average molecular weight is 251 g/mol. The van der Waals surface area contributed by atoms with Crippen molar-refractivity contribution in [3.63, 3.8) is 0 Å². The Hall–Kier alpha value is -1.73. The molecule has 0 spiro atoms. The first-order chi connectivity index (χ1) is 8.61. The molecule has 0 saturated carbocycles. The third kappa shape index (κ3) is 2.57. The van der Waals surface area contributed by atoms with Crippen molar-refractivity contribution >= 4 is 11.6 Å². The SMILES string of the molecule is COCC(O)CN(C)c1cc(C)nc2ncnn12. The molecule has 0 fully saturated rings. The minimum Gasteiger partial charge on any atom is -0.389 e. The van der Waals surface area contributed by atoms with Gasteiger partial charge in [-0.25, -0.2) is 4.98 Å². The quantitative estimate of drug-likeness (QED) is 0.798. The molecule has 2 rings (SSSR count). The molecule has 7 nitrogen and oxygen atoms in total. The smallest absolute Gasteiger partial charge is 0.254 e. The molecule has 0 aliphatic heterocycles. The lowest BCUT2D eigenvalue weighted by Crippen LogP contribution is -2.33. The van der Waals surface area contributed by atoms with Crippen LogP contribution in [0.2, 0.25) is 0 Å². The Labute approximate surface area is 105 Å². The minimum atomic E-state index is -0.549. The third-order valence-electron chi connectivity index (χ3n) is 2.60. The Balaban J connectivity index is 2.26. The lowest BCUT2D eigenvalue weighted by molar-refractivity contribution is 0.0694. The summed E-state index contributed by atoms with van der Waals surface area (Å²) in [7, 11) is 3.45. The Morgan fingerprint density at radius 1 is 1.56 bits per heavy atom. The predicted octanol–water partition coefficient (Wildman–Crippen LogP) is -0.124. The van der Waals surface area contributed by atoms with Gasteiger partial charge in [-0.15, -0.1) is 0 Å². The number of ether oxygens (including phenoxy) is 1. The first-order valence-electron chi connectivity index (χ1n) is 5.67. The summed E-state index contributed by atoms with van der Waals surface area (Å²) in [5.41, 5.74) is 0.860. The fourth-order valence-corrected chi connectivity index (χ4v) is 1.84. The molecular formula is C11H17N5O2. The van der Waals surface area contributed by atoms with E-state index in [2.05, 4.69) is 15.1 Å². The summed E-state index contributed by atoms with van der Waals surface area (Å²) < 4.78 is 6.56. The van der Waals surface area contributed by atoms with E-state index < -0.39 is 6.10 Å². The lowest BCUT2D eigenvalue weighted by atomic mass is 10.3. The second-order valence-corrected chi connectivity index (χ2v) is 4.22. The van der Waals surface area contributed by atoms with E-state index in [4.69, 9.17) is 4.74 Å². The summed E-state index contributed by atoms with van der Waals surface area (Å²) in [6.45, 7) is 2.65. The number of aryl methyl sites for hydroxylation is 1. The molecule has 0 radical (unpaired) electrons. The number of aromatic nitrogens is 4. The van der Waals surface area contributed by atoms with E-state index in [-0.39, 0.29) is 0 Å². The van der Waals surface area contributed by atoms with Crippen molar-refractivity contribution in [2.24, 2.45) is 0 Å². The molecule has 7 heteroatoms. The van der Waals surface area contributed by atoms with Crippen LogP contribution in [-0.4, -0.2) is 58.1 Å². The van der Waals surface area contributed by atoms with Gasteiger partial charge >= 0.3 is 0 Å². The Morgan fingerprint density at radius 3 is 3.06 bits per heavy atom. The Kier molecular flexibility index (Phi) is 3.73. The maximum atomic E-state index is 9.75. The van der Waals surface area contributed by atoms with Gasteiger partial charge in [-0.3, -0.25) is 0 Å². The van der Waals surface area contributed by atoms with Crippen LogP contribution in [0.25, 0.3) is 5.78 Å². The van der Waals surface area contributed by atoms with E-state index in [1.165, 1.54) is 6.33 Å². The van der Waals surface area contributed by atoms with Gasteiger partial charge in [0, 0.05) is 32.5 Å². The number of aliphatic hydroxyl groups excluding tert-OH is 1. The van der Waals surface area contributed by atoms with Crippen molar-refractivity contribution in [1.82, 2.24) is 19.6 Å². The van der Waals surface area contributed by atoms with Crippen LogP contribution in [0.1, 0.15) is 5.69 Å². The van der Waals surface area contributed by atoms with Crippen molar-refractivity contribution in [3.05, 3.63) is 18.1 Å². The van der Waals surface area contributed by atoms with Crippen LogP contribution < -0.4 is 4.90 Å². The number of anilines is 1. The second-order valence-electron chi connectivity index (χ2n) is 4.22. The fourth-order valence-electron chi connectivity index (χ4n) is 1.84. The monoisotopic (exact) mass is 251 g/mol. The number of rotatable bonds is 5. The van der Waals surface area contributed by atoms with Gasteiger partial charge < -0.3 is 14.7 Å². The fraction of sp³-hybridized carbons (Fsp3) is 0.545. The van der Waals surface area contributed by atoms with Gasteiger partial charge in [-0.2, -0.15) is 14.6 Å². The molecule has 1 unspecified atom stereocenters. The largest absolute Gasteiger partial charge is 0.389 e. The Morgan fingerprint density at radius 2 is 2.33 bits per heavy atom. The molecule has 0 aliphatic carbocycles. The first-order valence-corrected chi connectivity index (χ1v) is 5.67. The summed E-state index contributed by atoms with van der Waals surface area (Å²) in [6.07, 6.45) is 0.914. The molecule has 0 aliphatic rings. The maximum absolute atomic E-state index is 9.75. The van der Waals surface area contributed by atoms with Gasteiger partial charge in [0.1, 0.15) is 12.1 Å². The zero-order valence-electron chi connectivity index (χ0n) is 10.7. The van der Waals surface area contributed by atoms with E-state index in [1.807, 2.05) is 24.9 Å². The van der Waals surface area contributed by atoms with Crippen LogP contribution in [0.15, 0.2) is 12.4 Å². The van der Waals surface area contributed by atoms with E-state index in [0.29, 0.717) is 18.9 Å². The number of fused-ring (bicyclic) bond motifs is 1. The molecule has 0 bridgehead atoms. The topological polar surface area (TPSA) is 75.8 Å². The number of nitrogens with zero attached hydrogens (tertiary/aromatic N) is 5. The summed E-state index contributed by atoms with van der Waals surface area (Å²) in [4.78, 5) is 10.2. The summed E-state index contributed by atoms with van der Waals surface area (Å²) in [5.74, 6) is 1.39. The highest BCUT2D eigenvalue weighted by atomic mass is 16.5. The first kappa shape index (κ1) is 12.7.